The largest absolute Gasteiger partial charge is 0.481 e. The first-order valence-corrected chi connectivity index (χ1v) is 12.5. The lowest BCUT2D eigenvalue weighted by atomic mass is 10.1. The van der Waals surface area contributed by atoms with Crippen LogP contribution in [0.2, 0.25) is 0 Å². The Hall–Kier alpha value is -3.00. The number of carbonyl (C=O) groups excluding carboxylic acids is 5. The molecule has 4 atom stereocenters. The van der Waals surface area contributed by atoms with Crippen molar-refractivity contribution in [3.05, 3.63) is 22.5 Å². The van der Waals surface area contributed by atoms with Gasteiger partial charge >= 0.3 is 12.0 Å². The third-order valence-corrected chi connectivity index (χ3v) is 8.37. The lowest BCUT2D eigenvalue weighted by Crippen LogP contribution is -2.64. The minimum absolute atomic E-state index is 0.0527. The van der Waals surface area contributed by atoms with Crippen LogP contribution in [-0.2, 0) is 24.0 Å². The molecular formula is C20H23N5O7S2. The number of thioether (sulfide) groups is 2. The van der Waals surface area contributed by atoms with Gasteiger partial charge in [0.25, 0.3) is 5.91 Å². The van der Waals surface area contributed by atoms with Crippen molar-refractivity contribution >= 4 is 59.5 Å². The molecule has 182 valence electrons. The Balaban J connectivity index is 1.50. The number of rotatable bonds is 7. The molecule has 4 aliphatic rings. The molecule has 0 aromatic heterocycles. The molecule has 0 radical (unpaired) electrons. The van der Waals surface area contributed by atoms with Crippen LogP contribution in [-0.4, -0.2) is 85.9 Å². The van der Waals surface area contributed by atoms with E-state index in [2.05, 4.69) is 10.7 Å². The minimum atomic E-state index is -1.27. The predicted octanol–water partition coefficient (Wildman–Crippen LogP) is 0.0432. The number of hydrogen-bond acceptors (Lipinski definition) is 8. The minimum Gasteiger partial charge on any atom is -0.481 e. The first-order valence-electron chi connectivity index (χ1n) is 10.7. The maximum Gasteiger partial charge on any atom is 0.358 e. The van der Waals surface area contributed by atoms with Gasteiger partial charge in [-0.2, -0.15) is 0 Å². The van der Waals surface area contributed by atoms with E-state index in [0.717, 1.165) is 10.0 Å². The predicted molar refractivity (Wildman–Crippen MR) is 121 cm³/mol. The van der Waals surface area contributed by atoms with Crippen molar-refractivity contribution < 1.29 is 33.9 Å². The molecule has 4 heterocycles. The number of nitrogens with zero attached hydrogens (tertiary/aromatic N) is 3. The van der Waals surface area contributed by atoms with Crippen LogP contribution in [0.5, 0.6) is 0 Å². The molecule has 34 heavy (non-hydrogen) atoms. The Morgan fingerprint density at radius 2 is 2.06 bits per heavy atom. The molecule has 2 unspecified atom stereocenters. The van der Waals surface area contributed by atoms with E-state index in [0.29, 0.717) is 17.6 Å². The van der Waals surface area contributed by atoms with Gasteiger partial charge in [-0.1, -0.05) is 12.2 Å². The smallest absolute Gasteiger partial charge is 0.358 e. The zero-order valence-corrected chi connectivity index (χ0v) is 19.5. The molecule has 0 bridgehead atoms. The van der Waals surface area contributed by atoms with Crippen LogP contribution in [0.4, 0.5) is 4.79 Å². The van der Waals surface area contributed by atoms with Crippen LogP contribution < -0.4 is 10.7 Å². The average Bonchev–Trinajstić information content (AvgIpc) is 3.39. The average molecular weight is 510 g/mol. The van der Waals surface area contributed by atoms with E-state index in [1.165, 1.54) is 16.8 Å². The molecule has 4 rings (SSSR count). The summed E-state index contributed by atoms with van der Waals surface area (Å²) in [5.41, 5.74) is 2.57. The van der Waals surface area contributed by atoms with E-state index in [9.17, 15) is 28.8 Å². The van der Waals surface area contributed by atoms with Crippen LogP contribution >= 0.6 is 23.5 Å². The summed E-state index contributed by atoms with van der Waals surface area (Å²) in [7, 11) is 0. The summed E-state index contributed by atoms with van der Waals surface area (Å²) >= 11 is 3.02. The third kappa shape index (κ3) is 4.92. The molecule has 0 aromatic carbocycles. The van der Waals surface area contributed by atoms with Gasteiger partial charge in [-0.15, -0.1) is 23.5 Å². The van der Waals surface area contributed by atoms with Gasteiger partial charge in [0.1, 0.15) is 12.3 Å². The normalized spacial score (nSPS) is 26.9. The van der Waals surface area contributed by atoms with E-state index in [1.807, 2.05) is 17.6 Å². The van der Waals surface area contributed by atoms with Crippen molar-refractivity contribution in [3.8, 4) is 0 Å². The number of carboxylic acids is 1. The number of carbonyl (C=O) groups is 6. The highest BCUT2D eigenvalue weighted by atomic mass is 32.2. The van der Waals surface area contributed by atoms with Gasteiger partial charge in [-0.25, -0.2) is 19.8 Å². The molecule has 4 aliphatic heterocycles. The fraction of sp³-hybridized carbons (Fsp3) is 0.500. The highest BCUT2D eigenvalue weighted by Crippen LogP contribution is 2.47. The molecule has 0 aliphatic carbocycles. The Morgan fingerprint density at radius 3 is 2.76 bits per heavy atom. The van der Waals surface area contributed by atoms with Crippen LogP contribution in [0.1, 0.15) is 25.7 Å². The summed E-state index contributed by atoms with van der Waals surface area (Å²) in [6, 6.07) is -3.16. The summed E-state index contributed by atoms with van der Waals surface area (Å²) in [5, 5.41) is 16.4. The van der Waals surface area contributed by atoms with Gasteiger partial charge in [0, 0.05) is 18.9 Å². The fourth-order valence-electron chi connectivity index (χ4n) is 4.10. The Labute approximate surface area is 203 Å². The number of hydrogen-bond donors (Lipinski definition) is 3. The Kier molecular flexibility index (Phi) is 7.16. The molecule has 2 fully saturated rings. The molecule has 0 spiro atoms. The highest BCUT2D eigenvalue weighted by molar-refractivity contribution is 8.20. The van der Waals surface area contributed by atoms with Gasteiger partial charge in [0.15, 0.2) is 0 Å². The molecule has 3 N–H and O–H groups in total. The van der Waals surface area contributed by atoms with Gasteiger partial charge in [-0.3, -0.25) is 24.6 Å². The first kappa shape index (κ1) is 24.1. The number of hydrazine groups is 2. The SMILES string of the molecule is O=C[C@H](CC(=O)O)NC(=O)[C@@H]1CCCN2C(=O)CCN(NC(=O)C3=CC4C=CSC4S3)C(=O)N12. The van der Waals surface area contributed by atoms with Crippen LogP contribution in [0.15, 0.2) is 22.5 Å². The fourth-order valence-corrected chi connectivity index (χ4v) is 6.57. The van der Waals surface area contributed by atoms with Crippen molar-refractivity contribution in [1.82, 2.24) is 25.8 Å². The summed E-state index contributed by atoms with van der Waals surface area (Å²) in [6.07, 6.45) is 4.12. The third-order valence-electron chi connectivity index (χ3n) is 5.73. The zero-order chi connectivity index (χ0) is 24.4. The van der Waals surface area contributed by atoms with Crippen LogP contribution in [0, 0.1) is 5.92 Å². The second kappa shape index (κ2) is 10.1. The number of aldehydes is 1. The molecular weight excluding hydrogens is 486 g/mol. The summed E-state index contributed by atoms with van der Waals surface area (Å²) < 4.78 is 0.185. The van der Waals surface area contributed by atoms with Crippen molar-refractivity contribution in [1.29, 1.82) is 0 Å². The number of urea groups is 1. The monoisotopic (exact) mass is 509 g/mol. The number of carboxylic acid groups (broad SMARTS) is 1. The standard InChI is InChI=1S/C20H23N5O7S2/c26-10-12(9-16(28)29)21-17(30)13-2-1-5-24-15(27)3-6-23(20(32)25(13)24)22-18(31)14-8-11-4-7-33-19(11)34-14/h4,7-8,10-13,19H,1-3,5-6,9H2,(H,21,30)(H,22,31)(H,28,29)/t11?,12-,13-,19?/m0/s1. The molecule has 0 aromatic rings. The van der Waals surface area contributed by atoms with E-state index >= 15 is 0 Å². The molecule has 14 heteroatoms. The number of amides is 5. The number of aliphatic carboxylic acids is 1. The van der Waals surface area contributed by atoms with Crippen molar-refractivity contribution in [2.24, 2.45) is 5.92 Å². The maximum absolute atomic E-state index is 13.4. The maximum atomic E-state index is 13.4. The van der Waals surface area contributed by atoms with Gasteiger partial charge in [0.2, 0.25) is 11.8 Å². The number of fused-ring (bicyclic) bond motifs is 2. The number of nitrogens with one attached hydrogen (secondary N) is 2. The summed E-state index contributed by atoms with van der Waals surface area (Å²) in [4.78, 5) is 74.4. The second-order valence-corrected chi connectivity index (χ2v) is 10.6. The Bertz CT molecular complexity index is 986. The lowest BCUT2D eigenvalue weighted by Gasteiger charge is -2.42. The van der Waals surface area contributed by atoms with Crippen molar-refractivity contribution in [2.45, 2.75) is 42.3 Å². The first-order chi connectivity index (χ1) is 16.3. The second-order valence-electron chi connectivity index (χ2n) is 8.05. The molecule has 2 saturated heterocycles. The topological polar surface area (TPSA) is 156 Å². The van der Waals surface area contributed by atoms with Gasteiger partial charge < -0.3 is 15.2 Å². The van der Waals surface area contributed by atoms with Crippen LogP contribution in [0.25, 0.3) is 0 Å². The summed E-state index contributed by atoms with van der Waals surface area (Å²) in [5.74, 6) is -2.73. The summed E-state index contributed by atoms with van der Waals surface area (Å²) in [6.45, 7) is 0.149. The quantitative estimate of drug-likeness (QED) is 0.403. The van der Waals surface area contributed by atoms with Crippen molar-refractivity contribution in [2.75, 3.05) is 13.1 Å². The van der Waals surface area contributed by atoms with Gasteiger partial charge in [0.05, 0.1) is 28.5 Å². The molecule has 5 amide bonds. The zero-order valence-electron chi connectivity index (χ0n) is 17.9. The van der Waals surface area contributed by atoms with Crippen LogP contribution in [0.3, 0.4) is 0 Å². The van der Waals surface area contributed by atoms with Gasteiger partial charge in [-0.05, 0) is 18.2 Å². The Morgan fingerprint density at radius 1 is 1.26 bits per heavy atom. The molecule has 0 saturated carbocycles. The van der Waals surface area contributed by atoms with E-state index in [1.54, 1.807) is 11.8 Å². The highest BCUT2D eigenvalue weighted by Gasteiger charge is 2.44. The van der Waals surface area contributed by atoms with E-state index in [-0.39, 0.29) is 42.3 Å². The lowest BCUT2D eigenvalue weighted by molar-refractivity contribution is -0.155. The van der Waals surface area contributed by atoms with Crippen molar-refractivity contribution in [3.63, 3.8) is 0 Å². The number of allylic oxidation sites excluding steroid dienone is 2. The van der Waals surface area contributed by atoms with E-state index in [4.69, 9.17) is 5.11 Å². The van der Waals surface area contributed by atoms with E-state index < -0.39 is 42.3 Å². The molecule has 12 nitrogen and oxygen atoms in total.